The van der Waals surface area contributed by atoms with E-state index in [-0.39, 0.29) is 6.04 Å². The third-order valence-corrected chi connectivity index (χ3v) is 6.01. The molecule has 1 amide bonds. The van der Waals surface area contributed by atoms with E-state index in [2.05, 4.69) is 22.1 Å². The number of ether oxygens (including phenoxy) is 1. The number of fused-ring (bicyclic) bond motifs is 1. The lowest BCUT2D eigenvalue weighted by molar-refractivity contribution is 0.0996. The number of methoxy groups -OCH3 is 1. The van der Waals surface area contributed by atoms with Gasteiger partial charge >= 0.3 is 0 Å². The van der Waals surface area contributed by atoms with E-state index in [9.17, 15) is 4.79 Å². The Hall–Kier alpha value is -2.15. The lowest BCUT2D eigenvalue weighted by atomic mass is 9.98. The fourth-order valence-electron chi connectivity index (χ4n) is 4.31. The highest BCUT2D eigenvalue weighted by molar-refractivity contribution is 6.02. The number of nitrogens with two attached hydrogens (primary N) is 1. The van der Waals surface area contributed by atoms with Crippen LogP contribution < -0.4 is 10.5 Å². The van der Waals surface area contributed by atoms with E-state index in [1.165, 1.54) is 25.7 Å². The fraction of sp³-hybridized carbons (Fsp3) is 0.650. The maximum atomic E-state index is 12.2. The second-order valence-electron chi connectivity index (χ2n) is 7.89. The van der Waals surface area contributed by atoms with E-state index < -0.39 is 5.91 Å². The van der Waals surface area contributed by atoms with Crippen molar-refractivity contribution in [3.8, 4) is 5.75 Å². The van der Waals surface area contributed by atoms with Gasteiger partial charge in [-0.05, 0) is 56.7 Å². The molecule has 1 aromatic heterocycles. The predicted octanol–water partition coefficient (Wildman–Crippen LogP) is 2.54. The molecule has 1 aliphatic heterocycles. The smallest absolute Gasteiger partial charge is 0.252 e. The summed E-state index contributed by atoms with van der Waals surface area (Å²) in [6, 6.07) is 2.18. The number of amides is 1. The highest BCUT2D eigenvalue weighted by atomic mass is 16.5. The molecule has 2 heterocycles. The molecule has 4 rings (SSSR count). The van der Waals surface area contributed by atoms with Gasteiger partial charge in [0.1, 0.15) is 11.3 Å². The van der Waals surface area contributed by atoms with Gasteiger partial charge in [-0.15, -0.1) is 5.10 Å². The largest absolute Gasteiger partial charge is 0.496 e. The van der Waals surface area contributed by atoms with Crippen molar-refractivity contribution in [1.29, 1.82) is 0 Å². The number of nitrogens with zero attached hydrogens (tertiary/aromatic N) is 4. The zero-order chi connectivity index (χ0) is 19.0. The molecule has 1 aromatic carbocycles. The van der Waals surface area contributed by atoms with E-state index >= 15 is 0 Å². The van der Waals surface area contributed by atoms with Gasteiger partial charge in [-0.1, -0.05) is 18.6 Å². The van der Waals surface area contributed by atoms with E-state index in [0.717, 1.165) is 49.1 Å². The highest BCUT2D eigenvalue weighted by Gasteiger charge is 2.30. The van der Waals surface area contributed by atoms with Crippen LogP contribution in [0, 0.1) is 5.92 Å². The van der Waals surface area contributed by atoms with Crippen molar-refractivity contribution in [3.63, 3.8) is 0 Å². The normalized spacial score (nSPS) is 21.3. The van der Waals surface area contributed by atoms with Crippen molar-refractivity contribution < 1.29 is 9.53 Å². The van der Waals surface area contributed by atoms with Crippen LogP contribution in [0.25, 0.3) is 11.0 Å². The average Bonchev–Trinajstić information content (AvgIpc) is 3.43. The third kappa shape index (κ3) is 3.52. The van der Waals surface area contributed by atoms with Crippen LogP contribution in [0.2, 0.25) is 0 Å². The van der Waals surface area contributed by atoms with E-state index in [1.54, 1.807) is 7.11 Å². The van der Waals surface area contributed by atoms with Crippen molar-refractivity contribution in [2.45, 2.75) is 51.5 Å². The van der Waals surface area contributed by atoms with Gasteiger partial charge in [0, 0.05) is 12.6 Å². The van der Waals surface area contributed by atoms with Gasteiger partial charge in [0.2, 0.25) is 0 Å². The van der Waals surface area contributed by atoms with Gasteiger partial charge in [0.25, 0.3) is 5.91 Å². The number of hydrogen-bond donors (Lipinski definition) is 1. The van der Waals surface area contributed by atoms with Crippen LogP contribution in [0.3, 0.4) is 0 Å². The molecule has 0 radical (unpaired) electrons. The number of carbonyl (C=O) groups is 1. The minimum Gasteiger partial charge on any atom is -0.496 e. The third-order valence-electron chi connectivity index (χ3n) is 6.01. The molecule has 0 spiro atoms. The lowest BCUT2D eigenvalue weighted by Gasteiger charge is -2.23. The minimum atomic E-state index is -0.453. The van der Waals surface area contributed by atoms with Crippen LogP contribution in [-0.2, 0) is 6.42 Å². The second kappa shape index (κ2) is 7.46. The molecule has 2 aromatic rings. The standard InChI is InChI=1S/C20H29N5O2/c1-3-24-9-5-4-6-14(12-24)25-16-11-17(27-2)18(20(21)26)15(10-13-7-8-13)19(16)22-23-25/h11,13-14H,3-10,12H2,1-2H3,(H2,21,26). The summed E-state index contributed by atoms with van der Waals surface area (Å²) in [7, 11) is 1.59. The van der Waals surface area contributed by atoms with E-state index in [1.807, 2.05) is 10.7 Å². The number of rotatable bonds is 6. The number of hydrogen-bond acceptors (Lipinski definition) is 5. The molecule has 1 atom stereocenters. The van der Waals surface area contributed by atoms with Gasteiger partial charge in [0.05, 0.1) is 24.2 Å². The number of primary amides is 1. The molecule has 1 aliphatic carbocycles. The first-order valence-corrected chi connectivity index (χ1v) is 10.1. The van der Waals surface area contributed by atoms with Crippen molar-refractivity contribution in [2.75, 3.05) is 26.7 Å². The minimum absolute atomic E-state index is 0.287. The molecule has 1 unspecified atom stereocenters. The summed E-state index contributed by atoms with van der Waals surface area (Å²) in [6.45, 7) is 5.37. The highest BCUT2D eigenvalue weighted by Crippen LogP contribution is 2.39. The number of likely N-dealkylation sites (N-methyl/N-ethyl adjacent to an activating group) is 1. The van der Waals surface area contributed by atoms with Crippen molar-refractivity contribution in [1.82, 2.24) is 19.9 Å². The Morgan fingerprint density at radius 1 is 1.33 bits per heavy atom. The lowest BCUT2D eigenvalue weighted by Crippen LogP contribution is -2.30. The quantitative estimate of drug-likeness (QED) is 0.843. The Morgan fingerprint density at radius 3 is 2.81 bits per heavy atom. The van der Waals surface area contributed by atoms with Crippen molar-refractivity contribution in [3.05, 3.63) is 17.2 Å². The molecule has 27 heavy (non-hydrogen) atoms. The SMILES string of the molecule is CCN1CCCCC(n2nnc3c(CC4CC4)c(C(N)=O)c(OC)cc32)C1. The van der Waals surface area contributed by atoms with Crippen LogP contribution in [-0.4, -0.2) is 52.5 Å². The number of aromatic nitrogens is 3. The summed E-state index contributed by atoms with van der Waals surface area (Å²) >= 11 is 0. The second-order valence-corrected chi connectivity index (χ2v) is 7.89. The number of likely N-dealkylation sites (tertiary alicyclic amines) is 1. The molecule has 2 N–H and O–H groups in total. The first kappa shape index (κ1) is 18.2. The van der Waals surface area contributed by atoms with Gasteiger partial charge in [-0.3, -0.25) is 4.79 Å². The molecule has 0 bridgehead atoms. The van der Waals surface area contributed by atoms with Crippen molar-refractivity contribution >= 4 is 16.9 Å². The molecule has 2 fully saturated rings. The van der Waals surface area contributed by atoms with E-state index in [4.69, 9.17) is 10.5 Å². The summed E-state index contributed by atoms with van der Waals surface area (Å²) in [4.78, 5) is 14.6. The molecule has 7 nitrogen and oxygen atoms in total. The van der Waals surface area contributed by atoms with Crippen LogP contribution in [0.15, 0.2) is 6.07 Å². The molecule has 1 saturated heterocycles. The summed E-state index contributed by atoms with van der Waals surface area (Å²) in [5.41, 5.74) is 8.85. The van der Waals surface area contributed by atoms with Gasteiger partial charge < -0.3 is 15.4 Å². The van der Waals surface area contributed by atoms with E-state index in [0.29, 0.717) is 17.2 Å². The Kier molecular flexibility index (Phi) is 5.04. The van der Waals surface area contributed by atoms with Gasteiger partial charge in [-0.2, -0.15) is 0 Å². The fourth-order valence-corrected chi connectivity index (χ4v) is 4.31. The first-order chi connectivity index (χ1) is 13.1. The number of carbonyl (C=O) groups excluding carboxylic acids is 1. The van der Waals surface area contributed by atoms with Crippen LogP contribution >= 0.6 is 0 Å². The first-order valence-electron chi connectivity index (χ1n) is 10.1. The number of benzene rings is 1. The van der Waals surface area contributed by atoms with Crippen LogP contribution in [0.4, 0.5) is 0 Å². The molecular weight excluding hydrogens is 342 g/mol. The molecule has 2 aliphatic rings. The summed E-state index contributed by atoms with van der Waals surface area (Å²) < 4.78 is 7.60. The maximum absolute atomic E-state index is 12.2. The topological polar surface area (TPSA) is 86.3 Å². The molecule has 1 saturated carbocycles. The Balaban J connectivity index is 1.82. The van der Waals surface area contributed by atoms with Crippen molar-refractivity contribution in [2.24, 2.45) is 11.7 Å². The summed E-state index contributed by atoms with van der Waals surface area (Å²) in [5, 5.41) is 9.03. The maximum Gasteiger partial charge on any atom is 0.252 e. The van der Waals surface area contributed by atoms with Crippen LogP contribution in [0.1, 0.15) is 61.0 Å². The molecule has 7 heteroatoms. The molecule has 146 valence electrons. The Labute approximate surface area is 159 Å². The van der Waals surface area contributed by atoms with Crippen LogP contribution in [0.5, 0.6) is 5.75 Å². The van der Waals surface area contributed by atoms with Gasteiger partial charge in [0.15, 0.2) is 0 Å². The Bertz CT molecular complexity index is 842. The Morgan fingerprint density at radius 2 is 2.15 bits per heavy atom. The average molecular weight is 371 g/mol. The monoisotopic (exact) mass is 371 g/mol. The molecular formula is C20H29N5O2. The zero-order valence-electron chi connectivity index (χ0n) is 16.3. The predicted molar refractivity (Wildman–Crippen MR) is 104 cm³/mol. The summed E-state index contributed by atoms with van der Waals surface area (Å²) in [6.07, 6.45) is 6.70. The van der Waals surface area contributed by atoms with Gasteiger partial charge in [-0.25, -0.2) is 4.68 Å². The summed E-state index contributed by atoms with van der Waals surface area (Å²) in [5.74, 6) is 0.692. The zero-order valence-corrected chi connectivity index (χ0v) is 16.3.